The molecular formula is C23H25F3N4O5. The molecule has 2 atom stereocenters. The molecule has 0 radical (unpaired) electrons. The largest absolute Gasteiger partial charge is 0.502 e. The quantitative estimate of drug-likeness (QED) is 0.595. The lowest BCUT2D eigenvalue weighted by Gasteiger charge is -2.47. The number of pyridine rings is 1. The average Bonchev–Trinajstić information content (AvgIpc) is 2.95. The van der Waals surface area contributed by atoms with Gasteiger partial charge in [-0.25, -0.2) is 13.2 Å². The zero-order valence-electron chi connectivity index (χ0n) is 19.1. The second kappa shape index (κ2) is 9.25. The highest BCUT2D eigenvalue weighted by molar-refractivity contribution is 5.99. The van der Waals surface area contributed by atoms with Crippen LogP contribution >= 0.6 is 0 Å². The van der Waals surface area contributed by atoms with E-state index in [2.05, 4.69) is 5.32 Å². The molecule has 0 spiro atoms. The molecule has 0 aliphatic carbocycles. The Labute approximate surface area is 198 Å². The van der Waals surface area contributed by atoms with Gasteiger partial charge in [0.05, 0.1) is 12.6 Å². The monoisotopic (exact) mass is 494 g/mol. The van der Waals surface area contributed by atoms with Crippen LogP contribution in [0.2, 0.25) is 0 Å². The van der Waals surface area contributed by atoms with E-state index in [1.54, 1.807) is 18.9 Å². The van der Waals surface area contributed by atoms with Crippen LogP contribution in [0.4, 0.5) is 13.2 Å². The van der Waals surface area contributed by atoms with Gasteiger partial charge in [-0.2, -0.15) is 0 Å². The summed E-state index contributed by atoms with van der Waals surface area (Å²) in [4.78, 5) is 40.4. The average molecular weight is 494 g/mol. The first-order chi connectivity index (χ1) is 16.5. The van der Waals surface area contributed by atoms with Crippen molar-refractivity contribution in [3.8, 4) is 5.75 Å². The number of rotatable bonds is 4. The van der Waals surface area contributed by atoms with E-state index in [1.807, 2.05) is 0 Å². The molecule has 2 aliphatic rings. The van der Waals surface area contributed by atoms with Crippen LogP contribution in [0.15, 0.2) is 23.1 Å². The Morgan fingerprint density at radius 1 is 1.17 bits per heavy atom. The zero-order valence-corrected chi connectivity index (χ0v) is 19.1. The fraction of sp³-hybridized carbons (Fsp3) is 0.435. The molecule has 2 aromatic rings. The van der Waals surface area contributed by atoms with Crippen LogP contribution in [0, 0.1) is 17.5 Å². The molecule has 35 heavy (non-hydrogen) atoms. The zero-order chi connectivity index (χ0) is 25.6. The molecule has 1 aromatic carbocycles. The molecule has 2 aliphatic heterocycles. The number of hydrogen-bond donors (Lipinski definition) is 3. The molecular weight excluding hydrogens is 469 g/mol. The fourth-order valence-corrected chi connectivity index (χ4v) is 4.62. The third-order valence-electron chi connectivity index (χ3n) is 6.27. The first-order valence-electron chi connectivity index (χ1n) is 11.2. The second-order valence-corrected chi connectivity index (χ2v) is 8.94. The van der Waals surface area contributed by atoms with Crippen LogP contribution in [0.5, 0.6) is 5.75 Å². The molecule has 188 valence electrons. The number of carbonyl (C=O) groups is 2. The van der Waals surface area contributed by atoms with E-state index in [9.17, 15) is 37.8 Å². The molecule has 0 bridgehead atoms. The van der Waals surface area contributed by atoms with Gasteiger partial charge in [0.2, 0.25) is 5.43 Å². The molecule has 1 aromatic heterocycles. The van der Waals surface area contributed by atoms with Gasteiger partial charge in [0.15, 0.2) is 11.4 Å². The van der Waals surface area contributed by atoms with E-state index in [1.165, 1.54) is 9.58 Å². The minimum Gasteiger partial charge on any atom is -0.502 e. The van der Waals surface area contributed by atoms with Gasteiger partial charge in [-0.15, -0.1) is 0 Å². The number of aromatic nitrogens is 1. The third kappa shape index (κ3) is 4.33. The Balaban J connectivity index is 1.74. The highest BCUT2D eigenvalue weighted by Gasteiger charge is 2.43. The Morgan fingerprint density at radius 2 is 1.83 bits per heavy atom. The van der Waals surface area contributed by atoms with E-state index in [-0.39, 0.29) is 18.3 Å². The number of nitrogens with zero attached hydrogens (tertiary/aromatic N) is 3. The lowest BCUT2D eigenvalue weighted by atomic mass is 10.1. The van der Waals surface area contributed by atoms with E-state index in [0.29, 0.717) is 31.4 Å². The lowest BCUT2D eigenvalue weighted by molar-refractivity contribution is 0.0460. The number of fused-ring (bicyclic) bond motifs is 3. The normalized spacial score (nSPS) is 19.9. The van der Waals surface area contributed by atoms with E-state index in [4.69, 9.17) is 0 Å². The van der Waals surface area contributed by atoms with Gasteiger partial charge in [0.1, 0.15) is 29.2 Å². The molecule has 2 amide bonds. The smallest absolute Gasteiger partial charge is 0.278 e. The van der Waals surface area contributed by atoms with Crippen molar-refractivity contribution in [2.24, 2.45) is 0 Å². The molecule has 9 nitrogen and oxygen atoms in total. The van der Waals surface area contributed by atoms with Gasteiger partial charge in [0, 0.05) is 36.5 Å². The molecule has 3 N–H and O–H groups in total. The van der Waals surface area contributed by atoms with Crippen molar-refractivity contribution in [3.05, 3.63) is 62.8 Å². The minimum atomic E-state index is -1.21. The number of aliphatic hydroxyl groups excluding tert-OH is 1. The highest BCUT2D eigenvalue weighted by Crippen LogP contribution is 2.30. The van der Waals surface area contributed by atoms with Crippen molar-refractivity contribution in [1.82, 2.24) is 14.9 Å². The maximum atomic E-state index is 13.9. The van der Waals surface area contributed by atoms with E-state index < -0.39 is 70.4 Å². The van der Waals surface area contributed by atoms with Crippen molar-refractivity contribution in [1.29, 1.82) is 0 Å². The Kier molecular flexibility index (Phi) is 6.50. The SMILES string of the molecule is CC(C)N1C(=O)c2c(O)c(=O)c(C(=O)NCc3c(F)cc(F)cc3F)cn2N2C[C@@H](O)CCC[C@@H]12. The van der Waals surface area contributed by atoms with Crippen LogP contribution in [0.25, 0.3) is 0 Å². The van der Waals surface area contributed by atoms with Crippen LogP contribution in [0.3, 0.4) is 0 Å². The summed E-state index contributed by atoms with van der Waals surface area (Å²) in [6, 6.07) is 0.638. The number of aromatic hydroxyl groups is 1. The van der Waals surface area contributed by atoms with Gasteiger partial charge < -0.3 is 20.4 Å². The highest BCUT2D eigenvalue weighted by atomic mass is 19.1. The summed E-state index contributed by atoms with van der Waals surface area (Å²) in [7, 11) is 0. The third-order valence-corrected chi connectivity index (χ3v) is 6.27. The molecule has 0 unspecified atom stereocenters. The molecule has 0 saturated carbocycles. The number of carbonyl (C=O) groups excluding carboxylic acids is 2. The molecule has 4 rings (SSSR count). The Bertz CT molecular complexity index is 1230. The summed E-state index contributed by atoms with van der Waals surface area (Å²) in [5, 5.41) is 24.8. The summed E-state index contributed by atoms with van der Waals surface area (Å²) < 4.78 is 42.2. The predicted octanol–water partition coefficient (Wildman–Crippen LogP) is 1.57. The Hall–Kier alpha value is -3.54. The first kappa shape index (κ1) is 24.6. The summed E-state index contributed by atoms with van der Waals surface area (Å²) >= 11 is 0. The predicted molar refractivity (Wildman–Crippen MR) is 118 cm³/mol. The summed E-state index contributed by atoms with van der Waals surface area (Å²) in [6.45, 7) is 2.96. The van der Waals surface area contributed by atoms with Crippen LogP contribution < -0.4 is 15.8 Å². The minimum absolute atomic E-state index is 0.0730. The fourth-order valence-electron chi connectivity index (χ4n) is 4.62. The number of amides is 2. The van der Waals surface area contributed by atoms with Crippen molar-refractivity contribution in [2.75, 3.05) is 11.6 Å². The summed E-state index contributed by atoms with van der Waals surface area (Å²) in [5.74, 6) is -6.17. The summed E-state index contributed by atoms with van der Waals surface area (Å²) in [6.07, 6.45) is 1.45. The summed E-state index contributed by atoms with van der Waals surface area (Å²) in [5.41, 5.74) is -2.67. The van der Waals surface area contributed by atoms with Crippen molar-refractivity contribution < 1.29 is 33.0 Å². The van der Waals surface area contributed by atoms with Gasteiger partial charge in [0.25, 0.3) is 11.8 Å². The number of nitrogens with one attached hydrogen (secondary N) is 1. The van der Waals surface area contributed by atoms with Gasteiger partial charge in [-0.05, 0) is 33.1 Å². The molecule has 1 saturated heterocycles. The molecule has 1 fully saturated rings. The molecule has 3 heterocycles. The van der Waals surface area contributed by atoms with E-state index in [0.717, 1.165) is 6.20 Å². The van der Waals surface area contributed by atoms with Gasteiger partial charge >= 0.3 is 0 Å². The van der Waals surface area contributed by atoms with E-state index >= 15 is 0 Å². The number of hydrogen-bond acceptors (Lipinski definition) is 6. The van der Waals surface area contributed by atoms with Crippen LogP contribution in [0.1, 0.15) is 59.5 Å². The standard InChI is InChI=1S/C23H25F3N4O5/c1-11(2)30-18-5-3-4-13(31)9-28(18)29-10-15(20(32)21(33)19(29)23(30)35)22(34)27-8-14-16(25)6-12(24)7-17(14)26/h6-7,10-11,13,18,31,33H,3-5,8-9H2,1-2H3,(H,27,34)/t13-,18+/m0/s1. The number of benzene rings is 1. The van der Waals surface area contributed by atoms with Crippen molar-refractivity contribution in [2.45, 2.75) is 58.0 Å². The van der Waals surface area contributed by atoms with Gasteiger partial charge in [-0.3, -0.25) is 24.1 Å². The number of halogens is 3. The lowest BCUT2D eigenvalue weighted by Crippen LogP contribution is -2.63. The Morgan fingerprint density at radius 3 is 2.46 bits per heavy atom. The topological polar surface area (TPSA) is 115 Å². The van der Waals surface area contributed by atoms with Crippen LogP contribution in [-0.4, -0.2) is 56.5 Å². The second-order valence-electron chi connectivity index (χ2n) is 8.94. The molecule has 12 heteroatoms. The van der Waals surface area contributed by atoms with Crippen LogP contribution in [-0.2, 0) is 6.54 Å². The maximum Gasteiger partial charge on any atom is 0.278 e. The van der Waals surface area contributed by atoms with Crippen molar-refractivity contribution in [3.63, 3.8) is 0 Å². The van der Waals surface area contributed by atoms with Crippen molar-refractivity contribution >= 4 is 11.8 Å². The van der Waals surface area contributed by atoms with Gasteiger partial charge in [-0.1, -0.05) is 0 Å². The first-order valence-corrected chi connectivity index (χ1v) is 11.2. The number of aliphatic hydroxyl groups is 1. The maximum absolute atomic E-state index is 13.9.